The minimum Gasteiger partial charge on any atom is -0.391 e. The molecule has 96 valence electrons. The zero-order valence-corrected chi connectivity index (χ0v) is 12.6. The summed E-state index contributed by atoms with van der Waals surface area (Å²) in [5.41, 5.74) is 6.28. The zero-order valence-electron chi connectivity index (χ0n) is 9.64. The highest BCUT2D eigenvalue weighted by atomic mass is 127. The Hall–Kier alpha value is -0.730. The summed E-state index contributed by atoms with van der Waals surface area (Å²) in [4.78, 5) is 14.4. The number of hydrogen-bond acceptors (Lipinski definition) is 3. The van der Waals surface area contributed by atoms with Gasteiger partial charge in [0.25, 0.3) is 5.91 Å². The van der Waals surface area contributed by atoms with E-state index in [1.807, 2.05) is 24.3 Å². The Kier molecular flexibility index (Phi) is 4.52. The Morgan fingerprint density at radius 2 is 2.22 bits per heavy atom. The molecule has 0 saturated carbocycles. The Morgan fingerprint density at radius 1 is 1.50 bits per heavy atom. The van der Waals surface area contributed by atoms with Gasteiger partial charge in [-0.05, 0) is 34.7 Å². The van der Waals surface area contributed by atoms with Gasteiger partial charge in [0.15, 0.2) is 0 Å². The van der Waals surface area contributed by atoms with Gasteiger partial charge in [-0.1, -0.05) is 24.4 Å². The van der Waals surface area contributed by atoms with Gasteiger partial charge in [-0.2, -0.15) is 0 Å². The van der Waals surface area contributed by atoms with Crippen molar-refractivity contribution in [2.75, 3.05) is 19.7 Å². The lowest BCUT2D eigenvalue weighted by Gasteiger charge is -2.32. The van der Waals surface area contributed by atoms with E-state index in [2.05, 4.69) is 22.6 Å². The van der Waals surface area contributed by atoms with Crippen LogP contribution in [-0.4, -0.2) is 41.6 Å². The second-order valence-corrected chi connectivity index (χ2v) is 5.63. The van der Waals surface area contributed by atoms with Crippen LogP contribution in [0.25, 0.3) is 0 Å². The minimum absolute atomic E-state index is 0.00421. The molecule has 1 aliphatic heterocycles. The number of amides is 1. The van der Waals surface area contributed by atoms with Gasteiger partial charge in [0.1, 0.15) is 11.1 Å². The number of morpholine rings is 1. The number of nitrogens with zero attached hydrogens (tertiary/aromatic N) is 1. The molecule has 1 fully saturated rings. The number of hydrogen-bond donors (Lipinski definition) is 1. The van der Waals surface area contributed by atoms with Crippen LogP contribution in [0.1, 0.15) is 10.4 Å². The topological polar surface area (TPSA) is 55.6 Å². The third-order valence-electron chi connectivity index (χ3n) is 2.78. The molecule has 0 aliphatic carbocycles. The van der Waals surface area contributed by atoms with Gasteiger partial charge in [0.2, 0.25) is 0 Å². The lowest BCUT2D eigenvalue weighted by molar-refractivity contribution is 0.00873. The number of halogens is 1. The minimum atomic E-state index is -0.334. The maximum Gasteiger partial charge on any atom is 0.255 e. The molecule has 1 aliphatic rings. The molecule has 1 aromatic rings. The molecule has 18 heavy (non-hydrogen) atoms. The van der Waals surface area contributed by atoms with Crippen LogP contribution in [0.2, 0.25) is 0 Å². The number of rotatable bonds is 2. The Morgan fingerprint density at radius 3 is 2.89 bits per heavy atom. The molecule has 6 heteroatoms. The van der Waals surface area contributed by atoms with Gasteiger partial charge in [-0.3, -0.25) is 4.79 Å². The fourth-order valence-corrected chi connectivity index (χ4v) is 2.57. The molecular formula is C12H13IN2O2S. The molecule has 0 aromatic heterocycles. The highest BCUT2D eigenvalue weighted by molar-refractivity contribution is 14.1. The van der Waals surface area contributed by atoms with E-state index < -0.39 is 0 Å². The summed E-state index contributed by atoms with van der Waals surface area (Å²) in [6.45, 7) is 1.47. The van der Waals surface area contributed by atoms with E-state index in [0.29, 0.717) is 30.2 Å². The summed E-state index contributed by atoms with van der Waals surface area (Å²) < 4.78 is 6.37. The maximum atomic E-state index is 12.4. The molecule has 1 heterocycles. The Balaban J connectivity index is 2.14. The first-order valence-electron chi connectivity index (χ1n) is 5.54. The fraction of sp³-hybridized carbons (Fsp3) is 0.333. The molecule has 1 aromatic carbocycles. The first-order chi connectivity index (χ1) is 8.59. The van der Waals surface area contributed by atoms with Crippen LogP contribution in [0.3, 0.4) is 0 Å². The molecule has 0 bridgehead atoms. The number of nitrogens with two attached hydrogens (primary N) is 1. The summed E-state index contributed by atoms with van der Waals surface area (Å²) in [5.74, 6) is 0.00421. The second-order valence-electron chi connectivity index (χ2n) is 3.99. The number of carbonyl (C=O) groups is 1. The van der Waals surface area contributed by atoms with Gasteiger partial charge >= 0.3 is 0 Å². The standard InChI is InChI=1S/C12H13IN2O2S/c13-9-4-2-1-3-8(9)12(16)15-5-6-17-10(7-15)11(14)18/h1-4,10H,5-7H2,(H2,14,18). The molecular weight excluding hydrogens is 363 g/mol. The van der Waals surface area contributed by atoms with Crippen molar-refractivity contribution < 1.29 is 9.53 Å². The van der Waals surface area contributed by atoms with Crippen molar-refractivity contribution in [1.29, 1.82) is 0 Å². The van der Waals surface area contributed by atoms with Gasteiger partial charge < -0.3 is 15.4 Å². The van der Waals surface area contributed by atoms with Crippen molar-refractivity contribution >= 4 is 45.7 Å². The quantitative estimate of drug-likeness (QED) is 0.627. The third kappa shape index (κ3) is 2.99. The predicted octanol–water partition coefficient (Wildman–Crippen LogP) is 1.42. The van der Waals surface area contributed by atoms with Crippen LogP contribution in [0.4, 0.5) is 0 Å². The smallest absolute Gasteiger partial charge is 0.255 e. The largest absolute Gasteiger partial charge is 0.391 e. The van der Waals surface area contributed by atoms with E-state index in [-0.39, 0.29) is 12.0 Å². The third-order valence-corrected chi connectivity index (χ3v) is 3.98. The monoisotopic (exact) mass is 376 g/mol. The maximum absolute atomic E-state index is 12.4. The van der Waals surface area contributed by atoms with Crippen molar-refractivity contribution in [3.63, 3.8) is 0 Å². The molecule has 1 amide bonds. The highest BCUT2D eigenvalue weighted by Crippen LogP contribution is 2.16. The lowest BCUT2D eigenvalue weighted by Crippen LogP contribution is -2.50. The van der Waals surface area contributed by atoms with Crippen LogP contribution in [0.5, 0.6) is 0 Å². The first-order valence-corrected chi connectivity index (χ1v) is 7.03. The van der Waals surface area contributed by atoms with Crippen LogP contribution >= 0.6 is 34.8 Å². The molecule has 4 nitrogen and oxygen atoms in total. The number of carbonyl (C=O) groups excluding carboxylic acids is 1. The van der Waals surface area contributed by atoms with Crippen molar-refractivity contribution in [2.24, 2.45) is 5.73 Å². The van der Waals surface area contributed by atoms with E-state index in [4.69, 9.17) is 22.7 Å². The first kappa shape index (κ1) is 13.7. The van der Waals surface area contributed by atoms with Crippen molar-refractivity contribution in [2.45, 2.75) is 6.10 Å². The van der Waals surface area contributed by atoms with Crippen LogP contribution in [-0.2, 0) is 4.74 Å². The lowest BCUT2D eigenvalue weighted by atomic mass is 10.1. The van der Waals surface area contributed by atoms with Crippen molar-refractivity contribution in [3.8, 4) is 0 Å². The van der Waals surface area contributed by atoms with Crippen molar-refractivity contribution in [3.05, 3.63) is 33.4 Å². The molecule has 1 unspecified atom stereocenters. The summed E-state index contributed by atoms with van der Waals surface area (Å²) in [5, 5.41) is 0. The van der Waals surface area contributed by atoms with Gasteiger partial charge in [0, 0.05) is 10.1 Å². The SMILES string of the molecule is NC(=S)C1CN(C(=O)c2ccccc2I)CCO1. The van der Waals surface area contributed by atoms with E-state index in [1.165, 1.54) is 0 Å². The van der Waals surface area contributed by atoms with Gasteiger partial charge in [0.05, 0.1) is 18.7 Å². The second kappa shape index (κ2) is 5.94. The molecule has 1 atom stereocenters. The van der Waals surface area contributed by atoms with Crippen LogP contribution < -0.4 is 5.73 Å². The molecule has 1 saturated heterocycles. The van der Waals surface area contributed by atoms with Crippen LogP contribution in [0.15, 0.2) is 24.3 Å². The van der Waals surface area contributed by atoms with E-state index in [9.17, 15) is 4.79 Å². The average molecular weight is 376 g/mol. The molecule has 2 rings (SSSR count). The Labute approximate surface area is 125 Å². The Bertz CT molecular complexity index is 481. The van der Waals surface area contributed by atoms with Crippen LogP contribution in [0, 0.1) is 3.57 Å². The van der Waals surface area contributed by atoms with Gasteiger partial charge in [-0.25, -0.2) is 0 Å². The molecule has 0 spiro atoms. The van der Waals surface area contributed by atoms with Crippen molar-refractivity contribution in [1.82, 2.24) is 4.90 Å². The summed E-state index contributed by atoms with van der Waals surface area (Å²) in [6.07, 6.45) is -0.334. The summed E-state index contributed by atoms with van der Waals surface area (Å²) >= 11 is 7.07. The average Bonchev–Trinajstić information content (AvgIpc) is 2.38. The molecule has 0 radical (unpaired) electrons. The number of benzene rings is 1. The highest BCUT2D eigenvalue weighted by Gasteiger charge is 2.27. The van der Waals surface area contributed by atoms with E-state index in [0.717, 1.165) is 3.57 Å². The zero-order chi connectivity index (χ0) is 13.1. The number of ether oxygens (including phenoxy) is 1. The predicted molar refractivity (Wildman–Crippen MR) is 81.6 cm³/mol. The summed E-state index contributed by atoms with van der Waals surface area (Å²) in [7, 11) is 0. The molecule has 2 N–H and O–H groups in total. The summed E-state index contributed by atoms with van der Waals surface area (Å²) in [6, 6.07) is 7.52. The normalized spacial score (nSPS) is 19.6. The van der Waals surface area contributed by atoms with Gasteiger partial charge in [-0.15, -0.1) is 0 Å². The van der Waals surface area contributed by atoms with E-state index in [1.54, 1.807) is 4.90 Å². The van der Waals surface area contributed by atoms with E-state index >= 15 is 0 Å². The number of thiocarbonyl (C=S) groups is 1. The fourth-order valence-electron chi connectivity index (χ4n) is 1.81.